The third-order valence-electron chi connectivity index (χ3n) is 4.34. The first-order valence-corrected chi connectivity index (χ1v) is 7.56. The quantitative estimate of drug-likeness (QED) is 0.899. The minimum atomic E-state index is 0.0306. The number of hydrogen-bond donors (Lipinski definition) is 1. The van der Waals surface area contributed by atoms with Gasteiger partial charge in [-0.2, -0.15) is 5.10 Å². The van der Waals surface area contributed by atoms with Crippen molar-refractivity contribution in [1.29, 1.82) is 0 Å². The highest BCUT2D eigenvalue weighted by Gasteiger charge is 2.26. The molecule has 1 saturated heterocycles. The van der Waals surface area contributed by atoms with Gasteiger partial charge in [0.1, 0.15) is 5.69 Å². The third-order valence-corrected chi connectivity index (χ3v) is 4.34. The van der Waals surface area contributed by atoms with Gasteiger partial charge in [0.05, 0.1) is 5.69 Å². The maximum atomic E-state index is 12.3. The van der Waals surface area contributed by atoms with Crippen LogP contribution in [0.25, 0.3) is 0 Å². The maximum Gasteiger partial charge on any atom is 0.260 e. The van der Waals surface area contributed by atoms with Crippen LogP contribution in [-0.2, 0) is 11.8 Å². The first-order chi connectivity index (χ1) is 9.90. The molecule has 21 heavy (non-hydrogen) atoms. The van der Waals surface area contributed by atoms with Crippen molar-refractivity contribution in [3.05, 3.63) is 11.4 Å². The van der Waals surface area contributed by atoms with E-state index >= 15 is 0 Å². The molecule has 1 amide bonds. The van der Waals surface area contributed by atoms with Crippen LogP contribution in [0.4, 0.5) is 0 Å². The molecule has 6 heteroatoms. The smallest absolute Gasteiger partial charge is 0.260 e. The average Bonchev–Trinajstić information content (AvgIpc) is 2.70. The number of aromatic nitrogens is 2. The number of rotatable bonds is 4. The van der Waals surface area contributed by atoms with Gasteiger partial charge in [-0.3, -0.25) is 9.48 Å². The van der Waals surface area contributed by atoms with Gasteiger partial charge in [0.15, 0.2) is 12.4 Å². The Morgan fingerprint density at radius 3 is 2.81 bits per heavy atom. The van der Waals surface area contributed by atoms with Crippen LogP contribution in [0.3, 0.4) is 0 Å². The van der Waals surface area contributed by atoms with E-state index in [1.807, 2.05) is 32.7 Å². The van der Waals surface area contributed by atoms with Crippen molar-refractivity contribution in [1.82, 2.24) is 14.7 Å². The predicted molar refractivity (Wildman–Crippen MR) is 81.1 cm³/mol. The fourth-order valence-corrected chi connectivity index (χ4v) is 2.85. The number of ether oxygens (including phenoxy) is 1. The summed E-state index contributed by atoms with van der Waals surface area (Å²) in [6.45, 7) is 7.45. The number of carbonyl (C=O) groups excluding carboxylic acids is 1. The highest BCUT2D eigenvalue weighted by molar-refractivity contribution is 5.78. The molecule has 0 saturated carbocycles. The molecule has 2 unspecified atom stereocenters. The van der Waals surface area contributed by atoms with Crippen LogP contribution in [0.1, 0.15) is 31.2 Å². The summed E-state index contributed by atoms with van der Waals surface area (Å²) in [7, 11) is 1.87. The van der Waals surface area contributed by atoms with E-state index < -0.39 is 0 Å². The van der Waals surface area contributed by atoms with Crippen LogP contribution in [0.5, 0.6) is 5.75 Å². The normalized spacial score (nSPS) is 20.4. The zero-order chi connectivity index (χ0) is 15.6. The first-order valence-electron chi connectivity index (χ1n) is 7.56. The van der Waals surface area contributed by atoms with Gasteiger partial charge in [0.2, 0.25) is 0 Å². The summed E-state index contributed by atoms with van der Waals surface area (Å²) >= 11 is 0. The molecular formula is C15H26N4O2. The van der Waals surface area contributed by atoms with Crippen LogP contribution in [0.2, 0.25) is 0 Å². The molecular weight excluding hydrogens is 268 g/mol. The van der Waals surface area contributed by atoms with Gasteiger partial charge < -0.3 is 15.4 Å². The van der Waals surface area contributed by atoms with E-state index in [4.69, 9.17) is 10.5 Å². The monoisotopic (exact) mass is 294 g/mol. The number of carbonyl (C=O) groups is 1. The summed E-state index contributed by atoms with van der Waals surface area (Å²) in [4.78, 5) is 14.2. The molecule has 2 rings (SSSR count). The summed E-state index contributed by atoms with van der Waals surface area (Å²) < 4.78 is 7.46. The molecule has 0 radical (unpaired) electrons. The molecule has 0 aromatic carbocycles. The molecule has 0 aliphatic carbocycles. The van der Waals surface area contributed by atoms with Crippen LogP contribution >= 0.6 is 0 Å². The lowest BCUT2D eigenvalue weighted by atomic mass is 9.92. The van der Waals surface area contributed by atoms with Crippen LogP contribution in [-0.4, -0.2) is 46.3 Å². The molecule has 0 bridgehead atoms. The second kappa shape index (κ2) is 6.47. The molecule has 118 valence electrons. The number of amides is 1. The highest BCUT2D eigenvalue weighted by atomic mass is 16.5. The SMILES string of the molecule is Cc1nn(C)c(C)c1OCC(=O)N1CCCC(C(C)N)C1. The van der Waals surface area contributed by atoms with Crippen molar-refractivity contribution in [3.8, 4) is 5.75 Å². The van der Waals surface area contributed by atoms with E-state index in [2.05, 4.69) is 5.10 Å². The Balaban J connectivity index is 1.92. The van der Waals surface area contributed by atoms with Crippen molar-refractivity contribution >= 4 is 5.91 Å². The van der Waals surface area contributed by atoms with Crippen LogP contribution < -0.4 is 10.5 Å². The molecule has 1 aliphatic heterocycles. The van der Waals surface area contributed by atoms with Gasteiger partial charge in [-0.05, 0) is 39.5 Å². The van der Waals surface area contributed by atoms with Crippen molar-refractivity contribution in [2.24, 2.45) is 18.7 Å². The van der Waals surface area contributed by atoms with Gasteiger partial charge in [0.25, 0.3) is 5.91 Å². The van der Waals surface area contributed by atoms with E-state index in [-0.39, 0.29) is 18.6 Å². The Morgan fingerprint density at radius 1 is 1.52 bits per heavy atom. The summed E-state index contributed by atoms with van der Waals surface area (Å²) in [6, 6.07) is 0.129. The molecule has 2 heterocycles. The molecule has 1 aromatic heterocycles. The first kappa shape index (κ1) is 15.8. The zero-order valence-electron chi connectivity index (χ0n) is 13.4. The molecule has 2 N–H and O–H groups in total. The number of nitrogens with zero attached hydrogens (tertiary/aromatic N) is 3. The van der Waals surface area contributed by atoms with Gasteiger partial charge in [-0.1, -0.05) is 0 Å². The van der Waals surface area contributed by atoms with Crippen molar-refractivity contribution in [2.75, 3.05) is 19.7 Å². The van der Waals surface area contributed by atoms with Gasteiger partial charge >= 0.3 is 0 Å². The molecule has 6 nitrogen and oxygen atoms in total. The molecule has 1 aliphatic rings. The number of hydrogen-bond acceptors (Lipinski definition) is 4. The fourth-order valence-electron chi connectivity index (χ4n) is 2.85. The Morgan fingerprint density at radius 2 is 2.24 bits per heavy atom. The average molecular weight is 294 g/mol. The lowest BCUT2D eigenvalue weighted by Gasteiger charge is -2.34. The van der Waals surface area contributed by atoms with Gasteiger partial charge in [-0.15, -0.1) is 0 Å². The Kier molecular flexibility index (Phi) is 4.88. The van der Waals surface area contributed by atoms with Crippen molar-refractivity contribution < 1.29 is 9.53 Å². The molecule has 0 spiro atoms. The third kappa shape index (κ3) is 3.56. The van der Waals surface area contributed by atoms with Gasteiger partial charge in [-0.25, -0.2) is 0 Å². The summed E-state index contributed by atoms with van der Waals surface area (Å²) in [5, 5.41) is 4.29. The van der Waals surface area contributed by atoms with E-state index in [9.17, 15) is 4.79 Å². The Labute approximate surface area is 126 Å². The van der Waals surface area contributed by atoms with E-state index in [0.717, 1.165) is 37.3 Å². The molecule has 1 aromatic rings. The van der Waals surface area contributed by atoms with Crippen molar-refractivity contribution in [2.45, 2.75) is 39.7 Å². The second-order valence-electron chi connectivity index (χ2n) is 6.01. The lowest BCUT2D eigenvalue weighted by molar-refractivity contribution is -0.135. The summed E-state index contributed by atoms with van der Waals surface area (Å²) in [5.74, 6) is 1.14. The van der Waals surface area contributed by atoms with E-state index in [1.165, 1.54) is 0 Å². The number of aryl methyl sites for hydroxylation is 2. The summed E-state index contributed by atoms with van der Waals surface area (Å²) in [5.41, 5.74) is 7.71. The van der Waals surface area contributed by atoms with E-state index in [1.54, 1.807) is 4.68 Å². The minimum absolute atomic E-state index is 0.0306. The minimum Gasteiger partial charge on any atom is -0.480 e. The van der Waals surface area contributed by atoms with Crippen LogP contribution in [0.15, 0.2) is 0 Å². The van der Waals surface area contributed by atoms with Gasteiger partial charge in [0, 0.05) is 26.2 Å². The van der Waals surface area contributed by atoms with E-state index in [0.29, 0.717) is 11.7 Å². The Bertz CT molecular complexity index is 510. The molecule has 1 fully saturated rings. The highest BCUT2D eigenvalue weighted by Crippen LogP contribution is 2.22. The fraction of sp³-hybridized carbons (Fsp3) is 0.733. The van der Waals surface area contributed by atoms with Crippen molar-refractivity contribution in [3.63, 3.8) is 0 Å². The lowest BCUT2D eigenvalue weighted by Crippen LogP contribution is -2.46. The number of nitrogens with two attached hydrogens (primary N) is 1. The Hall–Kier alpha value is -1.56. The maximum absolute atomic E-state index is 12.3. The largest absolute Gasteiger partial charge is 0.480 e. The topological polar surface area (TPSA) is 73.4 Å². The van der Waals surface area contributed by atoms with Crippen LogP contribution in [0, 0.1) is 19.8 Å². The summed E-state index contributed by atoms with van der Waals surface area (Å²) in [6.07, 6.45) is 2.12. The standard InChI is InChI=1S/C15H26N4O2/c1-10(16)13-6-5-7-19(8-13)14(20)9-21-15-11(2)17-18(4)12(15)3/h10,13H,5-9,16H2,1-4H3. The predicted octanol–water partition coefficient (Wildman–Crippen LogP) is 1.00. The zero-order valence-corrected chi connectivity index (χ0v) is 13.4. The number of likely N-dealkylation sites (tertiary alicyclic amines) is 1. The number of piperidine rings is 1. The molecule has 2 atom stereocenters. The second-order valence-corrected chi connectivity index (χ2v) is 6.01.